The Morgan fingerprint density at radius 2 is 1.69 bits per heavy atom. The number of carbonyl (C=O) groups excluding carboxylic acids is 3. The van der Waals surface area contributed by atoms with Gasteiger partial charge in [-0.05, 0) is 55.3 Å². The molecular formula is C33H41NO7S. The molecule has 0 spiro atoms. The van der Waals surface area contributed by atoms with E-state index in [-0.39, 0.29) is 40.8 Å². The molecule has 1 saturated heterocycles. The van der Waals surface area contributed by atoms with Crippen LogP contribution in [0.15, 0.2) is 60.7 Å². The number of esters is 1. The van der Waals surface area contributed by atoms with Gasteiger partial charge >= 0.3 is 5.97 Å². The Balaban J connectivity index is 1.38. The third-order valence-corrected chi connectivity index (χ3v) is 9.00. The molecule has 2 aliphatic rings. The second-order valence-corrected chi connectivity index (χ2v) is 11.6. The number of hydrogen-bond donors (Lipinski definition) is 0. The smallest absolute Gasteiger partial charge is 0.318 e. The first-order valence-electron chi connectivity index (χ1n) is 14.4. The van der Waals surface area contributed by atoms with Crippen molar-refractivity contribution < 1.29 is 33.3 Å². The van der Waals surface area contributed by atoms with Crippen LogP contribution in [0.5, 0.6) is 5.75 Å². The summed E-state index contributed by atoms with van der Waals surface area (Å²) in [7, 11) is 3.01. The van der Waals surface area contributed by atoms with Gasteiger partial charge in [-0.1, -0.05) is 36.4 Å². The zero-order chi connectivity index (χ0) is 29.9. The van der Waals surface area contributed by atoms with E-state index in [0.717, 1.165) is 31.5 Å². The zero-order valence-corrected chi connectivity index (χ0v) is 25.5. The Kier molecular flexibility index (Phi) is 12.2. The predicted octanol–water partition coefficient (Wildman–Crippen LogP) is 4.73. The topological polar surface area (TPSA) is 91.4 Å². The van der Waals surface area contributed by atoms with E-state index < -0.39 is 0 Å². The van der Waals surface area contributed by atoms with Crippen LogP contribution >= 0.6 is 11.8 Å². The lowest BCUT2D eigenvalue weighted by Crippen LogP contribution is -2.49. The van der Waals surface area contributed by atoms with Crippen molar-refractivity contribution in [2.24, 2.45) is 5.92 Å². The fourth-order valence-electron chi connectivity index (χ4n) is 5.65. The van der Waals surface area contributed by atoms with Crippen LogP contribution in [0, 0.1) is 5.92 Å². The van der Waals surface area contributed by atoms with Crippen molar-refractivity contribution in [1.82, 2.24) is 4.90 Å². The molecule has 4 rings (SSSR count). The summed E-state index contributed by atoms with van der Waals surface area (Å²) in [6.45, 7) is 3.09. The van der Waals surface area contributed by atoms with Gasteiger partial charge in [-0.25, -0.2) is 0 Å². The molecule has 2 fully saturated rings. The van der Waals surface area contributed by atoms with Crippen LogP contribution in [0.4, 0.5) is 0 Å². The average Bonchev–Trinajstić information content (AvgIpc) is 3.36. The highest BCUT2D eigenvalue weighted by Gasteiger charge is 2.45. The summed E-state index contributed by atoms with van der Waals surface area (Å²) in [5.41, 5.74) is 2.15. The molecule has 226 valence electrons. The van der Waals surface area contributed by atoms with Crippen molar-refractivity contribution in [1.29, 1.82) is 0 Å². The highest BCUT2D eigenvalue weighted by atomic mass is 32.2. The van der Waals surface area contributed by atoms with Crippen LogP contribution in [0.2, 0.25) is 0 Å². The Bertz CT molecular complexity index is 1210. The molecule has 0 radical (unpaired) electrons. The van der Waals surface area contributed by atoms with E-state index in [0.29, 0.717) is 49.5 Å². The fourth-order valence-corrected chi connectivity index (χ4v) is 6.31. The number of ether oxygens (including phenoxy) is 4. The van der Waals surface area contributed by atoms with Gasteiger partial charge in [0.15, 0.2) is 11.6 Å². The number of morpholine rings is 1. The summed E-state index contributed by atoms with van der Waals surface area (Å²) in [6, 6.07) is 14.3. The first kappa shape index (κ1) is 31.9. The minimum Gasteiger partial charge on any atom is -0.497 e. The Morgan fingerprint density at radius 1 is 1.02 bits per heavy atom. The number of allylic oxidation sites excluding steroid dienone is 2. The molecule has 1 heterocycles. The van der Waals surface area contributed by atoms with Crippen molar-refractivity contribution in [3.05, 3.63) is 77.4 Å². The van der Waals surface area contributed by atoms with Crippen LogP contribution < -0.4 is 4.74 Å². The van der Waals surface area contributed by atoms with Crippen LogP contribution in [0.1, 0.15) is 47.2 Å². The van der Waals surface area contributed by atoms with Gasteiger partial charge in [0.2, 0.25) is 0 Å². The summed E-state index contributed by atoms with van der Waals surface area (Å²) < 4.78 is 22.0. The van der Waals surface area contributed by atoms with Crippen LogP contribution in [0.25, 0.3) is 0 Å². The van der Waals surface area contributed by atoms with Crippen molar-refractivity contribution >= 4 is 29.3 Å². The second-order valence-electron chi connectivity index (χ2n) is 10.6. The van der Waals surface area contributed by atoms with E-state index in [1.165, 1.54) is 18.9 Å². The number of thioether (sulfide) groups is 1. The molecule has 42 heavy (non-hydrogen) atoms. The SMILES string of the molecule is COC(=O)C(CCC=CC[C@H]1[C@@H](OCc2ccc(C(=O)c3ccc(OC)cc3)cc2)CC(=O)[C@@H]1N1CCOCC1)SC. The zero-order valence-electron chi connectivity index (χ0n) is 24.7. The molecule has 0 bridgehead atoms. The summed E-state index contributed by atoms with van der Waals surface area (Å²) in [5.74, 6) is 0.698. The van der Waals surface area contributed by atoms with E-state index in [1.807, 2.05) is 30.5 Å². The molecule has 8 nitrogen and oxygen atoms in total. The Hall–Kier alpha value is -2.98. The number of nitrogens with zero attached hydrogens (tertiary/aromatic N) is 1. The van der Waals surface area contributed by atoms with Gasteiger partial charge < -0.3 is 18.9 Å². The maximum Gasteiger partial charge on any atom is 0.318 e. The third kappa shape index (κ3) is 8.31. The highest BCUT2D eigenvalue weighted by Crippen LogP contribution is 2.34. The second kappa shape index (κ2) is 16.0. The molecule has 0 aromatic heterocycles. The molecule has 1 saturated carbocycles. The van der Waals surface area contributed by atoms with Crippen LogP contribution in [-0.4, -0.2) is 86.6 Å². The highest BCUT2D eigenvalue weighted by molar-refractivity contribution is 7.99. The largest absolute Gasteiger partial charge is 0.497 e. The van der Waals surface area contributed by atoms with Gasteiger partial charge in [0.05, 0.1) is 46.2 Å². The molecular weight excluding hydrogens is 554 g/mol. The number of carbonyl (C=O) groups is 3. The molecule has 4 atom stereocenters. The van der Waals surface area contributed by atoms with Gasteiger partial charge in [-0.15, -0.1) is 0 Å². The van der Waals surface area contributed by atoms with Crippen LogP contribution in [0.3, 0.4) is 0 Å². The standard InChI is InChI=1S/C33H41NO7S/c1-38-26-15-13-25(14-16-26)32(36)24-11-9-23(10-12-24)22-41-29-21-28(35)31(34-17-19-40-20-18-34)27(29)7-5-4-6-8-30(42-3)33(37)39-2/h4-5,9-16,27,29-31H,6-8,17-22H2,1-3H3/t27-,29-,30?,31+/m0/s1. The monoisotopic (exact) mass is 595 g/mol. The lowest BCUT2D eigenvalue weighted by Gasteiger charge is -2.35. The maximum absolute atomic E-state index is 13.2. The van der Waals surface area contributed by atoms with Crippen LogP contribution in [-0.2, 0) is 30.4 Å². The summed E-state index contributed by atoms with van der Waals surface area (Å²) in [5, 5.41) is -0.178. The Labute approximate surface area is 252 Å². The van der Waals surface area contributed by atoms with Gasteiger partial charge in [0, 0.05) is 36.6 Å². The first-order chi connectivity index (χ1) is 20.4. The minimum atomic E-state index is -0.204. The number of Topliss-reactive ketones (excluding diaryl/α,β-unsaturated/α-hetero) is 1. The van der Waals surface area contributed by atoms with Crippen molar-refractivity contribution in [2.45, 2.75) is 49.7 Å². The van der Waals surface area contributed by atoms with Crippen molar-refractivity contribution in [3.63, 3.8) is 0 Å². The van der Waals surface area contributed by atoms with Crippen molar-refractivity contribution in [3.8, 4) is 5.75 Å². The van der Waals surface area contributed by atoms with Gasteiger partial charge in [-0.2, -0.15) is 11.8 Å². The lowest BCUT2D eigenvalue weighted by molar-refractivity contribution is -0.140. The minimum absolute atomic E-state index is 0.0275. The molecule has 2 aromatic rings. The van der Waals surface area contributed by atoms with Gasteiger partial charge in [0.25, 0.3) is 0 Å². The number of hydrogen-bond acceptors (Lipinski definition) is 9. The number of ketones is 2. The molecule has 1 aliphatic carbocycles. The van der Waals surface area contributed by atoms with Gasteiger partial charge in [0.1, 0.15) is 11.0 Å². The number of rotatable bonds is 14. The van der Waals surface area contributed by atoms with Crippen molar-refractivity contribution in [2.75, 3.05) is 46.8 Å². The maximum atomic E-state index is 13.2. The van der Waals surface area contributed by atoms with E-state index >= 15 is 0 Å². The number of benzene rings is 2. The predicted molar refractivity (Wildman–Crippen MR) is 163 cm³/mol. The third-order valence-electron chi connectivity index (χ3n) is 8.01. The molecule has 0 amide bonds. The van der Waals surface area contributed by atoms with E-state index in [2.05, 4.69) is 17.1 Å². The molecule has 1 unspecified atom stereocenters. The molecule has 2 aromatic carbocycles. The molecule has 1 aliphatic heterocycles. The normalized spacial score (nSPS) is 21.9. The van der Waals surface area contributed by atoms with Gasteiger partial charge in [-0.3, -0.25) is 19.3 Å². The molecule has 9 heteroatoms. The summed E-state index contributed by atoms with van der Waals surface area (Å²) >= 11 is 1.50. The lowest BCUT2D eigenvalue weighted by atomic mass is 9.95. The van der Waals surface area contributed by atoms with E-state index in [4.69, 9.17) is 18.9 Å². The summed E-state index contributed by atoms with van der Waals surface area (Å²) in [4.78, 5) is 40.3. The quantitative estimate of drug-likeness (QED) is 0.175. The number of methoxy groups -OCH3 is 2. The first-order valence-corrected chi connectivity index (χ1v) is 15.7. The van der Waals surface area contributed by atoms with E-state index in [1.54, 1.807) is 31.4 Å². The average molecular weight is 596 g/mol. The molecule has 0 N–H and O–H groups in total. The Morgan fingerprint density at radius 3 is 2.31 bits per heavy atom. The fraction of sp³-hybridized carbons (Fsp3) is 0.485. The summed E-state index contributed by atoms with van der Waals surface area (Å²) in [6.07, 6.45) is 8.50. The van der Waals surface area contributed by atoms with E-state index in [9.17, 15) is 14.4 Å².